The van der Waals surface area contributed by atoms with Crippen LogP contribution in [-0.2, 0) is 0 Å². The van der Waals surface area contributed by atoms with Crippen molar-refractivity contribution in [3.63, 3.8) is 0 Å². The Kier molecular flexibility index (Phi) is 3.36. The zero-order valence-corrected chi connectivity index (χ0v) is 12.1. The van der Waals surface area contributed by atoms with Gasteiger partial charge < -0.3 is 15.5 Å². The number of rotatable bonds is 3. The second-order valence-electron chi connectivity index (χ2n) is 5.08. The molecular weight excluding hydrogens is 262 g/mol. The summed E-state index contributed by atoms with van der Waals surface area (Å²) in [6.07, 6.45) is 1.66. The zero-order chi connectivity index (χ0) is 14.8. The zero-order valence-electron chi connectivity index (χ0n) is 12.1. The number of aromatic nitrogens is 1. The summed E-state index contributed by atoms with van der Waals surface area (Å²) < 4.78 is 5.47. The predicted molar refractivity (Wildman–Crippen MR) is 85.6 cm³/mol. The predicted octanol–water partition coefficient (Wildman–Crippen LogP) is 4.28. The van der Waals surface area contributed by atoms with Crippen molar-refractivity contribution in [3.8, 4) is 11.3 Å². The highest BCUT2D eigenvalue weighted by Gasteiger charge is 2.07. The highest BCUT2D eigenvalue weighted by molar-refractivity contribution is 5.63. The minimum Gasteiger partial charge on any atom is -0.431 e. The van der Waals surface area contributed by atoms with Gasteiger partial charge in [-0.05, 0) is 55.3 Å². The van der Waals surface area contributed by atoms with Crippen LogP contribution in [0.5, 0.6) is 0 Å². The average molecular weight is 279 g/mol. The Morgan fingerprint density at radius 1 is 1.00 bits per heavy atom. The van der Waals surface area contributed by atoms with Gasteiger partial charge >= 0.3 is 0 Å². The van der Waals surface area contributed by atoms with E-state index >= 15 is 0 Å². The Morgan fingerprint density at radius 3 is 2.48 bits per heavy atom. The molecule has 4 nitrogen and oxygen atoms in total. The molecule has 0 fully saturated rings. The molecule has 0 spiro atoms. The minimum absolute atomic E-state index is 0.466. The molecule has 0 radical (unpaired) electrons. The van der Waals surface area contributed by atoms with Gasteiger partial charge in [0, 0.05) is 16.9 Å². The van der Waals surface area contributed by atoms with Crippen molar-refractivity contribution in [2.24, 2.45) is 0 Å². The van der Waals surface area contributed by atoms with E-state index in [1.54, 1.807) is 6.26 Å². The van der Waals surface area contributed by atoms with Crippen LogP contribution in [0.4, 0.5) is 17.4 Å². The van der Waals surface area contributed by atoms with E-state index in [4.69, 9.17) is 10.2 Å². The summed E-state index contributed by atoms with van der Waals surface area (Å²) in [4.78, 5) is 4.46. The van der Waals surface area contributed by atoms with Crippen LogP contribution in [0.3, 0.4) is 0 Å². The van der Waals surface area contributed by atoms with E-state index in [0.717, 1.165) is 22.6 Å². The molecule has 0 saturated heterocycles. The van der Waals surface area contributed by atoms with Crippen LogP contribution in [0.15, 0.2) is 53.1 Å². The van der Waals surface area contributed by atoms with E-state index < -0.39 is 0 Å². The summed E-state index contributed by atoms with van der Waals surface area (Å²) in [7, 11) is 0. The van der Waals surface area contributed by atoms with E-state index in [2.05, 4.69) is 36.3 Å². The quantitative estimate of drug-likeness (QED) is 0.702. The number of oxazole rings is 1. The molecule has 21 heavy (non-hydrogen) atoms. The van der Waals surface area contributed by atoms with E-state index in [1.165, 1.54) is 11.1 Å². The van der Waals surface area contributed by atoms with Crippen molar-refractivity contribution in [1.82, 2.24) is 4.98 Å². The fraction of sp³-hybridized carbons (Fsp3) is 0.118. The Bertz CT molecular complexity index is 760. The van der Waals surface area contributed by atoms with Gasteiger partial charge in [0.1, 0.15) is 12.0 Å². The smallest absolute Gasteiger partial charge is 0.299 e. The van der Waals surface area contributed by atoms with Gasteiger partial charge in [0.25, 0.3) is 6.01 Å². The van der Waals surface area contributed by atoms with Crippen LogP contribution in [0.25, 0.3) is 11.3 Å². The van der Waals surface area contributed by atoms with Gasteiger partial charge in [-0.15, -0.1) is 0 Å². The lowest BCUT2D eigenvalue weighted by Crippen LogP contribution is -1.91. The molecule has 0 saturated carbocycles. The molecule has 106 valence electrons. The molecular formula is C17H17N3O. The first-order chi connectivity index (χ1) is 10.1. The van der Waals surface area contributed by atoms with E-state index in [-0.39, 0.29) is 0 Å². The normalized spacial score (nSPS) is 10.6. The summed E-state index contributed by atoms with van der Waals surface area (Å²) >= 11 is 0. The molecule has 1 heterocycles. The molecule has 3 aromatic rings. The maximum absolute atomic E-state index is 5.66. The first-order valence-electron chi connectivity index (χ1n) is 6.77. The molecule has 0 aliphatic rings. The number of nitrogens with zero attached hydrogens (tertiary/aromatic N) is 1. The molecule has 0 amide bonds. The Balaban J connectivity index is 1.82. The monoisotopic (exact) mass is 279 g/mol. The number of anilines is 3. The number of nitrogens with one attached hydrogen (secondary N) is 1. The number of aryl methyl sites for hydroxylation is 2. The SMILES string of the molecule is Cc1ccc(-c2coc(Nc3ccc(N)cc3)n2)cc1C. The fourth-order valence-corrected chi connectivity index (χ4v) is 2.05. The van der Waals surface area contributed by atoms with Crippen LogP contribution in [0.2, 0.25) is 0 Å². The lowest BCUT2D eigenvalue weighted by Gasteiger charge is -2.02. The van der Waals surface area contributed by atoms with Gasteiger partial charge in [0.2, 0.25) is 0 Å². The Hall–Kier alpha value is -2.75. The van der Waals surface area contributed by atoms with Crippen molar-refractivity contribution in [2.75, 3.05) is 11.1 Å². The van der Waals surface area contributed by atoms with Gasteiger partial charge in [-0.3, -0.25) is 0 Å². The van der Waals surface area contributed by atoms with E-state index in [9.17, 15) is 0 Å². The topological polar surface area (TPSA) is 64.1 Å². The first-order valence-corrected chi connectivity index (χ1v) is 6.77. The van der Waals surface area contributed by atoms with Gasteiger partial charge in [-0.25, -0.2) is 0 Å². The minimum atomic E-state index is 0.466. The number of nitrogen functional groups attached to an aromatic ring is 1. The second-order valence-corrected chi connectivity index (χ2v) is 5.08. The van der Waals surface area contributed by atoms with E-state index in [1.807, 2.05) is 30.3 Å². The molecule has 3 N–H and O–H groups in total. The Labute approximate surface area is 123 Å². The van der Waals surface area contributed by atoms with E-state index in [0.29, 0.717) is 6.01 Å². The largest absolute Gasteiger partial charge is 0.431 e. The maximum atomic E-state index is 5.66. The molecule has 0 aliphatic carbocycles. The Morgan fingerprint density at radius 2 is 1.76 bits per heavy atom. The third kappa shape index (κ3) is 2.89. The number of nitrogens with two attached hydrogens (primary N) is 1. The molecule has 0 aliphatic heterocycles. The first kappa shape index (κ1) is 13.2. The van der Waals surface area contributed by atoms with Crippen LogP contribution in [-0.4, -0.2) is 4.98 Å². The van der Waals surface area contributed by atoms with Crippen LogP contribution in [0, 0.1) is 13.8 Å². The van der Waals surface area contributed by atoms with Gasteiger partial charge in [0.05, 0.1) is 0 Å². The average Bonchev–Trinajstić information content (AvgIpc) is 2.93. The summed E-state index contributed by atoms with van der Waals surface area (Å²) in [6.45, 7) is 4.18. The fourth-order valence-electron chi connectivity index (χ4n) is 2.05. The van der Waals surface area contributed by atoms with Gasteiger partial charge in [0.15, 0.2) is 0 Å². The third-order valence-corrected chi connectivity index (χ3v) is 3.47. The summed E-state index contributed by atoms with van der Waals surface area (Å²) in [6, 6.07) is 14.1. The second kappa shape index (κ2) is 5.32. The summed E-state index contributed by atoms with van der Waals surface area (Å²) in [5.74, 6) is 0. The van der Waals surface area contributed by atoms with Crippen molar-refractivity contribution >= 4 is 17.4 Å². The molecule has 4 heteroatoms. The van der Waals surface area contributed by atoms with Crippen LogP contribution in [0.1, 0.15) is 11.1 Å². The van der Waals surface area contributed by atoms with Crippen molar-refractivity contribution in [2.45, 2.75) is 13.8 Å². The highest BCUT2D eigenvalue weighted by Crippen LogP contribution is 2.24. The summed E-state index contributed by atoms with van der Waals surface area (Å²) in [5.41, 5.74) is 11.6. The number of hydrogen-bond acceptors (Lipinski definition) is 4. The molecule has 0 bridgehead atoms. The molecule has 0 unspecified atom stereocenters. The van der Waals surface area contributed by atoms with Crippen molar-refractivity contribution in [3.05, 3.63) is 59.9 Å². The number of hydrogen-bond donors (Lipinski definition) is 2. The standard InChI is InChI=1S/C17H17N3O/c1-11-3-4-13(9-12(11)2)16-10-21-17(20-16)19-15-7-5-14(18)6-8-15/h3-10H,18H2,1-2H3,(H,19,20). The number of benzene rings is 2. The highest BCUT2D eigenvalue weighted by atomic mass is 16.4. The molecule has 0 atom stereocenters. The van der Waals surface area contributed by atoms with Crippen LogP contribution < -0.4 is 11.1 Å². The lowest BCUT2D eigenvalue weighted by atomic mass is 10.1. The van der Waals surface area contributed by atoms with Crippen molar-refractivity contribution < 1.29 is 4.42 Å². The van der Waals surface area contributed by atoms with Crippen LogP contribution >= 0.6 is 0 Å². The lowest BCUT2D eigenvalue weighted by molar-refractivity contribution is 0.578. The summed E-state index contributed by atoms with van der Waals surface area (Å²) in [5, 5.41) is 3.11. The molecule has 1 aromatic heterocycles. The third-order valence-electron chi connectivity index (χ3n) is 3.47. The van der Waals surface area contributed by atoms with Crippen molar-refractivity contribution in [1.29, 1.82) is 0 Å². The maximum Gasteiger partial charge on any atom is 0.299 e. The van der Waals surface area contributed by atoms with Gasteiger partial charge in [-0.1, -0.05) is 12.1 Å². The molecule has 2 aromatic carbocycles. The van der Waals surface area contributed by atoms with Gasteiger partial charge in [-0.2, -0.15) is 4.98 Å². The molecule has 3 rings (SSSR count).